The molecule has 1 aliphatic heterocycles. The van der Waals surface area contributed by atoms with Crippen LogP contribution in [-0.4, -0.2) is 60.6 Å². The average Bonchev–Trinajstić information content (AvgIpc) is 2.98. The number of hydrogen-bond acceptors (Lipinski definition) is 8. The Kier molecular flexibility index (Phi) is 5.51. The molecule has 0 aromatic carbocycles. The molecule has 0 aliphatic carbocycles. The molecule has 1 saturated heterocycles. The zero-order valence-corrected chi connectivity index (χ0v) is 17.8. The Hall–Kier alpha value is -1.65. The number of anilines is 1. The second kappa shape index (κ2) is 7.40. The smallest absolute Gasteiger partial charge is 0.196 e. The largest absolute Gasteiger partial charge is 0.377 e. The van der Waals surface area contributed by atoms with Gasteiger partial charge in [0, 0.05) is 24.6 Å². The molecular weight excluding hydrogens is 386 g/mol. The van der Waals surface area contributed by atoms with Gasteiger partial charge in [0.05, 0.1) is 24.9 Å². The van der Waals surface area contributed by atoms with Gasteiger partial charge in [-0.15, -0.1) is 0 Å². The normalized spacial score (nSPS) is 18.7. The van der Waals surface area contributed by atoms with E-state index in [0.29, 0.717) is 36.4 Å². The lowest BCUT2D eigenvalue weighted by molar-refractivity contribution is 0.0984. The highest BCUT2D eigenvalue weighted by Crippen LogP contribution is 2.33. The number of nitrogens with zero attached hydrogens (tertiary/aromatic N) is 4. The molecule has 27 heavy (non-hydrogen) atoms. The molecule has 0 spiro atoms. The fourth-order valence-electron chi connectivity index (χ4n) is 2.71. The molecule has 10 heteroatoms. The maximum Gasteiger partial charge on any atom is 0.196 e. The first-order chi connectivity index (χ1) is 12.6. The van der Waals surface area contributed by atoms with Crippen LogP contribution in [0.15, 0.2) is 22.3 Å². The lowest BCUT2D eigenvalue weighted by Gasteiger charge is -2.35. The van der Waals surface area contributed by atoms with Gasteiger partial charge < -0.3 is 9.64 Å². The van der Waals surface area contributed by atoms with Crippen LogP contribution in [0.25, 0.3) is 0 Å². The Bertz CT molecular complexity index is 926. The monoisotopic (exact) mass is 411 g/mol. The van der Waals surface area contributed by atoms with Gasteiger partial charge in [-0.2, -0.15) is 5.10 Å². The lowest BCUT2D eigenvalue weighted by atomic mass is 10.1. The molecule has 0 unspecified atom stereocenters. The highest BCUT2D eigenvalue weighted by molar-refractivity contribution is 7.99. The van der Waals surface area contributed by atoms with Gasteiger partial charge in [-0.05, 0) is 45.5 Å². The van der Waals surface area contributed by atoms with Gasteiger partial charge in [-0.25, -0.2) is 18.4 Å². The van der Waals surface area contributed by atoms with Crippen molar-refractivity contribution in [2.75, 3.05) is 30.9 Å². The summed E-state index contributed by atoms with van der Waals surface area (Å²) in [5.41, 5.74) is 1.41. The Balaban J connectivity index is 2.07. The number of rotatable bonds is 5. The molecule has 1 atom stereocenters. The number of hydrogen-bond donors (Lipinski definition) is 1. The first kappa shape index (κ1) is 20.1. The van der Waals surface area contributed by atoms with Crippen LogP contribution in [0.5, 0.6) is 0 Å². The van der Waals surface area contributed by atoms with Gasteiger partial charge in [0.25, 0.3) is 0 Å². The maximum absolute atomic E-state index is 12.4. The number of aryl methyl sites for hydroxylation is 1. The van der Waals surface area contributed by atoms with Gasteiger partial charge in [-0.3, -0.25) is 5.10 Å². The molecule has 0 radical (unpaired) electrons. The van der Waals surface area contributed by atoms with E-state index in [2.05, 4.69) is 32.0 Å². The van der Waals surface area contributed by atoms with Crippen LogP contribution in [-0.2, 0) is 19.3 Å². The van der Waals surface area contributed by atoms with Crippen molar-refractivity contribution in [2.24, 2.45) is 0 Å². The highest BCUT2D eigenvalue weighted by atomic mass is 32.2. The third-order valence-corrected chi connectivity index (χ3v) is 7.62. The Morgan fingerprint density at radius 1 is 1.33 bits per heavy atom. The van der Waals surface area contributed by atoms with Crippen molar-refractivity contribution in [3.05, 3.63) is 23.5 Å². The maximum atomic E-state index is 12.4. The molecule has 0 amide bonds. The first-order valence-electron chi connectivity index (χ1n) is 8.71. The lowest BCUT2D eigenvalue weighted by Crippen LogP contribution is -2.44. The summed E-state index contributed by atoms with van der Waals surface area (Å²) in [6.45, 7) is 9.24. The summed E-state index contributed by atoms with van der Waals surface area (Å²) in [6, 6.07) is 3.83. The molecule has 3 rings (SSSR count). The van der Waals surface area contributed by atoms with E-state index in [1.54, 1.807) is 19.9 Å². The van der Waals surface area contributed by atoms with E-state index in [1.807, 2.05) is 13.0 Å². The molecule has 148 valence electrons. The number of nitrogens with one attached hydrogen (secondary N) is 1. The van der Waals surface area contributed by atoms with Gasteiger partial charge in [0.2, 0.25) is 0 Å². The summed E-state index contributed by atoms with van der Waals surface area (Å²) < 4.78 is 29.1. The third kappa shape index (κ3) is 4.27. The molecule has 0 bridgehead atoms. The van der Waals surface area contributed by atoms with Crippen molar-refractivity contribution in [1.82, 2.24) is 20.2 Å². The highest BCUT2D eigenvalue weighted by Gasteiger charge is 2.35. The van der Waals surface area contributed by atoms with Crippen LogP contribution in [0.3, 0.4) is 0 Å². The van der Waals surface area contributed by atoms with Crippen LogP contribution in [0.1, 0.15) is 32.2 Å². The number of aromatic nitrogens is 4. The van der Waals surface area contributed by atoms with E-state index < -0.39 is 14.6 Å². The fraction of sp³-hybridized carbons (Fsp3) is 0.588. The van der Waals surface area contributed by atoms with Crippen molar-refractivity contribution >= 4 is 27.4 Å². The Morgan fingerprint density at radius 3 is 2.67 bits per heavy atom. The number of aromatic amines is 1. The van der Waals surface area contributed by atoms with Crippen LogP contribution < -0.4 is 4.90 Å². The Labute approximate surface area is 164 Å². The average molecular weight is 412 g/mol. The summed E-state index contributed by atoms with van der Waals surface area (Å²) in [6.07, 6.45) is 1.23. The van der Waals surface area contributed by atoms with Crippen molar-refractivity contribution < 1.29 is 13.2 Å². The van der Waals surface area contributed by atoms with Crippen molar-refractivity contribution in [2.45, 2.75) is 48.7 Å². The SMILES string of the molecule is Cc1cc(Sc2nc(N3CCOC[C@H]3C)cc(C(C)(C)S(C)(=O)=O)n2)n[nH]1. The van der Waals surface area contributed by atoms with Crippen LogP contribution in [0, 0.1) is 6.92 Å². The van der Waals surface area contributed by atoms with E-state index in [-0.39, 0.29) is 6.04 Å². The second-order valence-corrected chi connectivity index (χ2v) is 10.8. The summed E-state index contributed by atoms with van der Waals surface area (Å²) in [7, 11) is -3.37. The predicted octanol–water partition coefficient (Wildman–Crippen LogP) is 2.16. The van der Waals surface area contributed by atoms with E-state index >= 15 is 0 Å². The van der Waals surface area contributed by atoms with Gasteiger partial charge in [-0.1, -0.05) is 0 Å². The minimum absolute atomic E-state index is 0.147. The Morgan fingerprint density at radius 2 is 2.07 bits per heavy atom. The first-order valence-corrected chi connectivity index (χ1v) is 11.4. The number of sulfone groups is 1. The summed E-state index contributed by atoms with van der Waals surface area (Å²) in [5.74, 6) is 0.710. The quantitative estimate of drug-likeness (QED) is 0.747. The zero-order chi connectivity index (χ0) is 19.8. The number of morpholine rings is 1. The number of ether oxygens (including phenoxy) is 1. The standard InChI is InChI=1S/C17H25N5O3S2/c1-11-8-15(21-20-11)26-16-18-13(17(3,4)27(5,23)24)9-14(19-16)22-6-7-25-10-12(22)2/h8-9,12H,6-7,10H2,1-5H3,(H,20,21)/t12-/m1/s1. The van der Waals surface area contributed by atoms with Crippen LogP contribution >= 0.6 is 11.8 Å². The third-order valence-electron chi connectivity index (χ3n) is 4.78. The summed E-state index contributed by atoms with van der Waals surface area (Å²) in [4.78, 5) is 11.4. The molecule has 0 saturated carbocycles. The molecule has 1 fully saturated rings. The van der Waals surface area contributed by atoms with E-state index in [1.165, 1.54) is 18.0 Å². The molecule has 1 aliphatic rings. The molecule has 2 aromatic heterocycles. The number of H-pyrrole nitrogens is 1. The van der Waals surface area contributed by atoms with E-state index in [9.17, 15) is 8.42 Å². The van der Waals surface area contributed by atoms with Crippen molar-refractivity contribution in [3.8, 4) is 0 Å². The van der Waals surface area contributed by atoms with E-state index in [4.69, 9.17) is 4.74 Å². The minimum Gasteiger partial charge on any atom is -0.377 e. The minimum atomic E-state index is -3.37. The van der Waals surface area contributed by atoms with Gasteiger partial charge >= 0.3 is 0 Å². The van der Waals surface area contributed by atoms with Crippen LogP contribution in [0.4, 0.5) is 5.82 Å². The fourth-order valence-corrected chi connectivity index (χ4v) is 3.99. The summed E-state index contributed by atoms with van der Waals surface area (Å²) in [5, 5.41) is 8.32. The summed E-state index contributed by atoms with van der Waals surface area (Å²) >= 11 is 1.31. The van der Waals surface area contributed by atoms with Crippen molar-refractivity contribution in [3.63, 3.8) is 0 Å². The zero-order valence-electron chi connectivity index (χ0n) is 16.2. The van der Waals surface area contributed by atoms with Gasteiger partial charge in [0.15, 0.2) is 15.0 Å². The molecular formula is C17H25N5O3S2. The van der Waals surface area contributed by atoms with Gasteiger partial charge in [0.1, 0.15) is 15.6 Å². The van der Waals surface area contributed by atoms with E-state index in [0.717, 1.165) is 10.7 Å². The topological polar surface area (TPSA) is 101 Å². The predicted molar refractivity (Wildman–Crippen MR) is 105 cm³/mol. The van der Waals surface area contributed by atoms with Crippen LogP contribution in [0.2, 0.25) is 0 Å². The van der Waals surface area contributed by atoms with Crippen molar-refractivity contribution in [1.29, 1.82) is 0 Å². The second-order valence-electron chi connectivity index (χ2n) is 7.29. The molecule has 2 aromatic rings. The molecule has 1 N–H and O–H groups in total. The molecule has 3 heterocycles. The molecule has 8 nitrogen and oxygen atoms in total.